The monoisotopic (exact) mass is 250 g/mol. The average Bonchev–Trinajstić information content (AvgIpc) is 2.97. The van der Waals surface area contributed by atoms with Gasteiger partial charge in [0.25, 0.3) is 0 Å². The molecule has 0 aliphatic carbocycles. The van der Waals surface area contributed by atoms with Gasteiger partial charge in [0.15, 0.2) is 0 Å². The lowest BCUT2D eigenvalue weighted by Gasteiger charge is -2.16. The number of aryl methyl sites for hydroxylation is 2. The summed E-state index contributed by atoms with van der Waals surface area (Å²) in [5, 5.41) is 4.61. The molecule has 1 aromatic heterocycles. The molecule has 0 bridgehead atoms. The van der Waals surface area contributed by atoms with Gasteiger partial charge >= 0.3 is 0 Å². The Balaban J connectivity index is 1.95. The van der Waals surface area contributed by atoms with E-state index in [2.05, 4.69) is 34.6 Å². The van der Waals surface area contributed by atoms with Gasteiger partial charge in [-0.15, -0.1) is 0 Å². The molecule has 0 aromatic carbocycles. The van der Waals surface area contributed by atoms with E-state index in [1.54, 1.807) is 0 Å². The van der Waals surface area contributed by atoms with Gasteiger partial charge in [0.2, 0.25) is 0 Å². The molecule has 1 atom stereocenters. The Hall–Kier alpha value is -0.870. The van der Waals surface area contributed by atoms with Crippen LogP contribution in [0.25, 0.3) is 0 Å². The first kappa shape index (κ1) is 13.6. The molecule has 2 N–H and O–H groups in total. The van der Waals surface area contributed by atoms with Gasteiger partial charge in [0.05, 0.1) is 11.4 Å². The highest BCUT2D eigenvalue weighted by Crippen LogP contribution is 2.21. The fourth-order valence-corrected chi connectivity index (χ4v) is 2.85. The highest BCUT2D eigenvalue weighted by molar-refractivity contribution is 5.10. The van der Waals surface area contributed by atoms with Gasteiger partial charge in [-0.05, 0) is 51.3 Å². The minimum Gasteiger partial charge on any atom is -0.330 e. The normalized spacial score (nSPS) is 20.7. The molecule has 102 valence electrons. The molecule has 0 radical (unpaired) electrons. The van der Waals surface area contributed by atoms with Crippen molar-refractivity contribution in [2.24, 2.45) is 11.7 Å². The van der Waals surface area contributed by atoms with Crippen LogP contribution in [0, 0.1) is 5.92 Å². The van der Waals surface area contributed by atoms with Crippen LogP contribution in [0.1, 0.15) is 38.1 Å². The van der Waals surface area contributed by atoms with Crippen LogP contribution in [0.5, 0.6) is 0 Å². The van der Waals surface area contributed by atoms with E-state index in [4.69, 9.17) is 5.73 Å². The zero-order chi connectivity index (χ0) is 13.0. The van der Waals surface area contributed by atoms with Gasteiger partial charge in [-0.1, -0.05) is 6.92 Å². The van der Waals surface area contributed by atoms with E-state index in [-0.39, 0.29) is 0 Å². The molecule has 4 nitrogen and oxygen atoms in total. The third kappa shape index (κ3) is 3.12. The number of nitrogens with zero attached hydrogens (tertiary/aromatic N) is 3. The number of hydrogen-bond acceptors (Lipinski definition) is 3. The Morgan fingerprint density at radius 1 is 1.44 bits per heavy atom. The van der Waals surface area contributed by atoms with Gasteiger partial charge in [0, 0.05) is 19.6 Å². The maximum atomic E-state index is 5.64. The van der Waals surface area contributed by atoms with Gasteiger partial charge in [-0.25, -0.2) is 0 Å². The number of rotatable bonds is 6. The van der Waals surface area contributed by atoms with Crippen molar-refractivity contribution in [3.8, 4) is 0 Å². The third-order valence-corrected chi connectivity index (χ3v) is 3.91. The topological polar surface area (TPSA) is 47.1 Å². The van der Waals surface area contributed by atoms with Gasteiger partial charge in [-0.3, -0.25) is 9.58 Å². The molecule has 4 heteroatoms. The summed E-state index contributed by atoms with van der Waals surface area (Å²) in [7, 11) is 0. The van der Waals surface area contributed by atoms with Crippen LogP contribution in [0.2, 0.25) is 0 Å². The van der Waals surface area contributed by atoms with Crippen LogP contribution in [0.4, 0.5) is 0 Å². The molecular formula is C14H26N4. The molecule has 0 saturated carbocycles. The number of hydrogen-bond donors (Lipinski definition) is 1. The molecule has 1 aliphatic heterocycles. The fourth-order valence-electron chi connectivity index (χ4n) is 2.85. The zero-order valence-electron chi connectivity index (χ0n) is 11.7. The maximum absolute atomic E-state index is 5.64. The van der Waals surface area contributed by atoms with Crippen LogP contribution < -0.4 is 5.73 Å². The van der Waals surface area contributed by atoms with Crippen molar-refractivity contribution in [3.05, 3.63) is 17.5 Å². The van der Waals surface area contributed by atoms with Crippen LogP contribution in [0.15, 0.2) is 6.07 Å². The average molecular weight is 250 g/mol. The number of aromatic nitrogens is 2. The summed E-state index contributed by atoms with van der Waals surface area (Å²) in [6.07, 6.45) is 3.50. The van der Waals surface area contributed by atoms with E-state index in [0.717, 1.165) is 32.0 Å². The predicted molar refractivity (Wildman–Crippen MR) is 74.3 cm³/mol. The van der Waals surface area contributed by atoms with Crippen LogP contribution in [-0.4, -0.2) is 34.3 Å². The Morgan fingerprint density at radius 3 is 2.94 bits per heavy atom. The maximum Gasteiger partial charge on any atom is 0.0625 e. The van der Waals surface area contributed by atoms with Crippen molar-refractivity contribution < 1.29 is 0 Å². The second kappa shape index (κ2) is 6.34. The van der Waals surface area contributed by atoms with Crippen molar-refractivity contribution in [1.82, 2.24) is 14.7 Å². The molecule has 18 heavy (non-hydrogen) atoms. The Labute approximate surface area is 110 Å². The minimum absolute atomic E-state index is 0.804. The van der Waals surface area contributed by atoms with E-state index in [9.17, 15) is 0 Å². The quantitative estimate of drug-likeness (QED) is 0.835. The zero-order valence-corrected chi connectivity index (χ0v) is 11.7. The van der Waals surface area contributed by atoms with Crippen molar-refractivity contribution in [1.29, 1.82) is 0 Å². The predicted octanol–water partition coefficient (Wildman–Crippen LogP) is 1.64. The van der Waals surface area contributed by atoms with E-state index >= 15 is 0 Å². The molecule has 0 spiro atoms. The highest BCUT2D eigenvalue weighted by atomic mass is 15.3. The minimum atomic E-state index is 0.804. The summed E-state index contributed by atoms with van der Waals surface area (Å²) >= 11 is 0. The first-order valence-corrected chi connectivity index (χ1v) is 7.24. The first-order chi connectivity index (χ1) is 8.76. The van der Waals surface area contributed by atoms with Crippen molar-refractivity contribution >= 4 is 0 Å². The highest BCUT2D eigenvalue weighted by Gasteiger charge is 2.22. The van der Waals surface area contributed by atoms with Crippen LogP contribution in [-0.2, 0) is 19.5 Å². The van der Waals surface area contributed by atoms with Crippen molar-refractivity contribution in [2.45, 2.75) is 46.2 Å². The molecular weight excluding hydrogens is 224 g/mol. The summed E-state index contributed by atoms with van der Waals surface area (Å²) in [6, 6.07) is 2.26. The Kier molecular flexibility index (Phi) is 4.78. The van der Waals surface area contributed by atoms with Crippen LogP contribution >= 0.6 is 0 Å². The second-order valence-electron chi connectivity index (χ2n) is 5.26. The van der Waals surface area contributed by atoms with Gasteiger partial charge < -0.3 is 5.73 Å². The Bertz CT molecular complexity index is 372. The lowest BCUT2D eigenvalue weighted by molar-refractivity contribution is 0.303. The SMILES string of the molecule is CCc1cc(CN2CCC(CCN)C2)n(CC)n1. The molecule has 2 rings (SSSR count). The number of likely N-dealkylation sites (tertiary alicyclic amines) is 1. The van der Waals surface area contributed by atoms with Gasteiger partial charge in [0.1, 0.15) is 0 Å². The smallest absolute Gasteiger partial charge is 0.0625 e. The summed E-state index contributed by atoms with van der Waals surface area (Å²) in [5.74, 6) is 0.804. The van der Waals surface area contributed by atoms with Crippen molar-refractivity contribution in [3.63, 3.8) is 0 Å². The number of nitrogens with two attached hydrogens (primary N) is 1. The fraction of sp³-hybridized carbons (Fsp3) is 0.786. The van der Waals surface area contributed by atoms with E-state index in [0.29, 0.717) is 0 Å². The molecule has 0 amide bonds. The molecule has 1 aromatic rings. The van der Waals surface area contributed by atoms with E-state index in [1.165, 1.54) is 37.3 Å². The Morgan fingerprint density at radius 2 is 2.28 bits per heavy atom. The van der Waals surface area contributed by atoms with Crippen LogP contribution in [0.3, 0.4) is 0 Å². The van der Waals surface area contributed by atoms with E-state index in [1.807, 2.05) is 0 Å². The molecule has 1 aliphatic rings. The van der Waals surface area contributed by atoms with E-state index < -0.39 is 0 Å². The summed E-state index contributed by atoms with van der Waals surface area (Å²) in [4.78, 5) is 2.54. The lowest BCUT2D eigenvalue weighted by Crippen LogP contribution is -2.22. The lowest BCUT2D eigenvalue weighted by atomic mass is 10.1. The summed E-state index contributed by atoms with van der Waals surface area (Å²) in [6.45, 7) is 9.58. The molecule has 1 fully saturated rings. The largest absolute Gasteiger partial charge is 0.330 e. The molecule has 1 saturated heterocycles. The molecule has 2 heterocycles. The summed E-state index contributed by atoms with van der Waals surface area (Å²) in [5.41, 5.74) is 8.22. The van der Waals surface area contributed by atoms with Crippen molar-refractivity contribution in [2.75, 3.05) is 19.6 Å². The summed E-state index contributed by atoms with van der Waals surface area (Å²) < 4.78 is 2.15. The third-order valence-electron chi connectivity index (χ3n) is 3.91. The van der Waals surface area contributed by atoms with Gasteiger partial charge in [-0.2, -0.15) is 5.10 Å². The first-order valence-electron chi connectivity index (χ1n) is 7.24. The second-order valence-corrected chi connectivity index (χ2v) is 5.26. The standard InChI is InChI=1S/C14H26N4/c1-3-13-9-14(18(4-2)16-13)11-17-8-6-12(10-17)5-7-15/h9,12H,3-8,10-11,15H2,1-2H3. The molecule has 1 unspecified atom stereocenters.